The van der Waals surface area contributed by atoms with E-state index in [1.54, 1.807) is 6.92 Å². The maximum atomic E-state index is 11.1. The largest absolute Gasteiger partial charge is 0.439 e. The highest BCUT2D eigenvalue weighted by molar-refractivity contribution is 5.75. The molecule has 0 bridgehead atoms. The number of hydrogen-bond acceptors (Lipinski definition) is 5. The van der Waals surface area contributed by atoms with E-state index in [0.717, 1.165) is 0 Å². The summed E-state index contributed by atoms with van der Waals surface area (Å²) in [5.41, 5.74) is 0. The van der Waals surface area contributed by atoms with Gasteiger partial charge in [-0.1, -0.05) is 6.92 Å². The van der Waals surface area contributed by atoms with E-state index >= 15 is 0 Å². The number of carbonyl (C=O) groups is 1. The number of rotatable bonds is 3. The second kappa shape index (κ2) is 5.55. The van der Waals surface area contributed by atoms with Crippen molar-refractivity contribution in [3.63, 3.8) is 0 Å². The molecule has 0 saturated carbocycles. The molecule has 0 aromatic rings. The zero-order valence-corrected chi connectivity index (χ0v) is 8.96. The average Bonchev–Trinajstić information content (AvgIpc) is 2.29. The van der Waals surface area contributed by atoms with Crippen molar-refractivity contribution in [2.24, 2.45) is 0 Å². The lowest BCUT2D eigenvalue weighted by molar-refractivity contribution is -0.235. The van der Waals surface area contributed by atoms with Gasteiger partial charge in [-0.2, -0.15) is 0 Å². The van der Waals surface area contributed by atoms with Gasteiger partial charge in [-0.3, -0.25) is 4.79 Å². The molecule has 1 aliphatic heterocycles. The fraction of sp³-hybridized carbons (Fsp3) is 0.889. The number of aliphatic hydroxyl groups is 3. The molecule has 7 heteroatoms. The summed E-state index contributed by atoms with van der Waals surface area (Å²) in [5, 5.41) is 37.9. The molecule has 1 rings (SSSR count). The van der Waals surface area contributed by atoms with Gasteiger partial charge in [0.05, 0.1) is 6.61 Å². The van der Waals surface area contributed by atoms with E-state index in [0.29, 0.717) is 0 Å². The molecule has 94 valence electrons. The molecule has 1 saturated heterocycles. The van der Waals surface area contributed by atoms with Crippen LogP contribution in [0.1, 0.15) is 13.3 Å². The Labute approximate surface area is 92.7 Å². The number of hydrogen-bond donors (Lipinski definition) is 4. The lowest BCUT2D eigenvalue weighted by Crippen LogP contribution is -2.63. The SMILES string of the molecule is CCC(=O)NC1OC(CO)C([OH2+])C(O)C1O. The van der Waals surface area contributed by atoms with E-state index in [4.69, 9.17) is 14.9 Å². The summed E-state index contributed by atoms with van der Waals surface area (Å²) >= 11 is 0. The third-order valence-corrected chi connectivity index (χ3v) is 2.55. The summed E-state index contributed by atoms with van der Waals surface area (Å²) in [4.78, 5) is 11.1. The van der Waals surface area contributed by atoms with Crippen molar-refractivity contribution >= 4 is 5.91 Å². The minimum atomic E-state index is -1.36. The number of carbonyl (C=O) groups excluding carboxylic acids is 1. The molecule has 5 atom stereocenters. The molecule has 1 heterocycles. The first-order chi connectivity index (χ1) is 7.51. The Morgan fingerprint density at radius 3 is 2.56 bits per heavy atom. The Hall–Kier alpha value is -0.730. The topological polar surface area (TPSA) is 122 Å². The highest BCUT2D eigenvalue weighted by Gasteiger charge is 2.46. The van der Waals surface area contributed by atoms with Crippen LogP contribution < -0.4 is 5.32 Å². The average molecular weight is 236 g/mol. The first-order valence-corrected chi connectivity index (χ1v) is 5.14. The summed E-state index contributed by atoms with van der Waals surface area (Å²) < 4.78 is 5.12. The monoisotopic (exact) mass is 236 g/mol. The standard InChI is InChI=1S/C9H17NO6/c1-2-5(12)10-9-8(15)7(14)6(13)4(3-11)16-9/h4,6-9,11,13-15H,2-3H2,1H3,(H,10,12)/p+1. The fourth-order valence-corrected chi connectivity index (χ4v) is 1.50. The van der Waals surface area contributed by atoms with Gasteiger partial charge in [-0.05, 0) is 0 Å². The van der Waals surface area contributed by atoms with Crippen molar-refractivity contribution in [3.05, 3.63) is 0 Å². The van der Waals surface area contributed by atoms with Gasteiger partial charge in [0.1, 0.15) is 6.10 Å². The van der Waals surface area contributed by atoms with Crippen LogP contribution in [0.25, 0.3) is 0 Å². The van der Waals surface area contributed by atoms with Crippen LogP contribution in [0.3, 0.4) is 0 Å². The molecule has 1 amide bonds. The molecular weight excluding hydrogens is 218 g/mol. The van der Waals surface area contributed by atoms with E-state index in [2.05, 4.69) is 5.32 Å². The van der Waals surface area contributed by atoms with Crippen LogP contribution in [0.4, 0.5) is 0 Å². The number of amides is 1. The Morgan fingerprint density at radius 2 is 2.06 bits per heavy atom. The molecule has 1 aliphatic rings. The smallest absolute Gasteiger partial charge is 0.221 e. The third kappa shape index (κ3) is 2.69. The lowest BCUT2D eigenvalue weighted by atomic mass is 9.98. The predicted octanol–water partition coefficient (Wildman–Crippen LogP) is -2.96. The maximum absolute atomic E-state index is 11.1. The first-order valence-electron chi connectivity index (χ1n) is 5.14. The Balaban J connectivity index is 2.67. The molecule has 0 aliphatic carbocycles. The molecule has 16 heavy (non-hydrogen) atoms. The van der Waals surface area contributed by atoms with Crippen LogP contribution in [0, 0.1) is 0 Å². The lowest BCUT2D eigenvalue weighted by Gasteiger charge is -2.37. The molecule has 0 radical (unpaired) electrons. The quantitative estimate of drug-likeness (QED) is 0.390. The highest BCUT2D eigenvalue weighted by atomic mass is 16.6. The van der Waals surface area contributed by atoms with Crippen molar-refractivity contribution in [1.82, 2.24) is 5.32 Å². The molecule has 0 aromatic carbocycles. The molecule has 5 unspecified atom stereocenters. The van der Waals surface area contributed by atoms with E-state index < -0.39 is 37.3 Å². The first kappa shape index (κ1) is 13.3. The molecular formula is C9H18NO6+. The molecule has 0 aromatic heterocycles. The number of ether oxygens (including phenoxy) is 1. The number of nitrogens with one attached hydrogen (secondary N) is 1. The van der Waals surface area contributed by atoms with Crippen molar-refractivity contribution < 1.29 is 30.0 Å². The van der Waals surface area contributed by atoms with Crippen molar-refractivity contribution in [2.45, 2.75) is 44.0 Å². The van der Waals surface area contributed by atoms with Gasteiger partial charge in [0.25, 0.3) is 0 Å². The van der Waals surface area contributed by atoms with Crippen LogP contribution in [-0.4, -0.2) is 63.6 Å². The van der Waals surface area contributed by atoms with Crippen LogP contribution in [0.15, 0.2) is 0 Å². The third-order valence-electron chi connectivity index (χ3n) is 2.55. The van der Waals surface area contributed by atoms with Crippen LogP contribution in [0.5, 0.6) is 0 Å². The summed E-state index contributed by atoms with van der Waals surface area (Å²) in [6.07, 6.45) is -5.62. The molecule has 0 spiro atoms. The van der Waals surface area contributed by atoms with Gasteiger partial charge >= 0.3 is 0 Å². The van der Waals surface area contributed by atoms with E-state index in [9.17, 15) is 15.0 Å². The zero-order chi connectivity index (χ0) is 12.3. The Bertz CT molecular complexity index is 246. The summed E-state index contributed by atoms with van der Waals surface area (Å²) in [6, 6.07) is 0. The van der Waals surface area contributed by atoms with Gasteiger partial charge in [0.15, 0.2) is 18.4 Å². The second-order valence-electron chi connectivity index (χ2n) is 3.71. The van der Waals surface area contributed by atoms with E-state index in [1.807, 2.05) is 0 Å². The summed E-state index contributed by atoms with van der Waals surface area (Å²) in [5.74, 6) is -0.337. The molecule has 1 fully saturated rings. The van der Waals surface area contributed by atoms with Gasteiger partial charge in [0, 0.05) is 6.42 Å². The fourth-order valence-electron chi connectivity index (χ4n) is 1.50. The predicted molar refractivity (Wildman–Crippen MR) is 53.6 cm³/mol. The highest BCUT2D eigenvalue weighted by Crippen LogP contribution is 2.19. The minimum absolute atomic E-state index is 0.219. The summed E-state index contributed by atoms with van der Waals surface area (Å²) in [6.45, 7) is 1.19. The van der Waals surface area contributed by atoms with Crippen LogP contribution in [-0.2, 0) is 9.53 Å². The van der Waals surface area contributed by atoms with Gasteiger partial charge in [0.2, 0.25) is 12.0 Å². The number of aliphatic hydroxyl groups excluding tert-OH is 3. The summed E-state index contributed by atoms with van der Waals surface area (Å²) in [7, 11) is 0. The maximum Gasteiger partial charge on any atom is 0.221 e. The Morgan fingerprint density at radius 1 is 1.44 bits per heavy atom. The van der Waals surface area contributed by atoms with E-state index in [1.165, 1.54) is 0 Å². The molecule has 6 N–H and O–H groups in total. The van der Waals surface area contributed by atoms with Crippen molar-refractivity contribution in [2.75, 3.05) is 6.61 Å². The van der Waals surface area contributed by atoms with Crippen molar-refractivity contribution in [1.29, 1.82) is 0 Å². The minimum Gasteiger partial charge on any atom is -0.439 e. The van der Waals surface area contributed by atoms with Crippen LogP contribution >= 0.6 is 0 Å². The van der Waals surface area contributed by atoms with Gasteiger partial charge in [-0.25, -0.2) is 0 Å². The normalized spacial score (nSPS) is 39.4. The van der Waals surface area contributed by atoms with Crippen molar-refractivity contribution in [3.8, 4) is 0 Å². The second-order valence-corrected chi connectivity index (χ2v) is 3.71. The molecule has 7 nitrogen and oxygen atoms in total. The van der Waals surface area contributed by atoms with Crippen LogP contribution in [0.2, 0.25) is 0 Å². The Kier molecular flexibility index (Phi) is 4.63. The zero-order valence-electron chi connectivity index (χ0n) is 8.96. The van der Waals surface area contributed by atoms with Gasteiger partial charge in [-0.15, -0.1) is 0 Å². The van der Waals surface area contributed by atoms with Gasteiger partial charge < -0.3 is 30.5 Å². The van der Waals surface area contributed by atoms with E-state index in [-0.39, 0.29) is 12.3 Å².